The van der Waals surface area contributed by atoms with Crippen LogP contribution >= 0.6 is 11.3 Å². The molecule has 1 aromatic carbocycles. The number of rotatable bonds is 6. The maximum atomic E-state index is 12.6. The Balaban J connectivity index is 1.85. The Bertz CT molecular complexity index is 811. The van der Waals surface area contributed by atoms with Gasteiger partial charge in [0.25, 0.3) is 11.8 Å². The highest BCUT2D eigenvalue weighted by Crippen LogP contribution is 2.40. The largest absolute Gasteiger partial charge is 0.497 e. The molecule has 138 valence electrons. The summed E-state index contributed by atoms with van der Waals surface area (Å²) < 4.78 is 5.11. The third kappa shape index (κ3) is 3.75. The van der Waals surface area contributed by atoms with E-state index in [1.165, 1.54) is 22.6 Å². The first-order valence-corrected chi connectivity index (χ1v) is 9.74. The zero-order valence-electron chi connectivity index (χ0n) is 15.1. The van der Waals surface area contributed by atoms with E-state index >= 15 is 0 Å². The molecule has 0 saturated carbocycles. The second kappa shape index (κ2) is 7.91. The first-order chi connectivity index (χ1) is 12.5. The quantitative estimate of drug-likeness (QED) is 0.804. The molecule has 2 aromatic rings. The molecule has 1 unspecified atom stereocenters. The van der Waals surface area contributed by atoms with Crippen molar-refractivity contribution in [2.45, 2.75) is 39.0 Å². The Morgan fingerprint density at radius 2 is 2.04 bits per heavy atom. The Hall–Kier alpha value is -2.34. The molecule has 26 heavy (non-hydrogen) atoms. The lowest BCUT2D eigenvalue weighted by molar-refractivity contribution is 0.1000. The Morgan fingerprint density at radius 1 is 1.31 bits per heavy atom. The van der Waals surface area contributed by atoms with Gasteiger partial charge in [-0.3, -0.25) is 9.59 Å². The van der Waals surface area contributed by atoms with Crippen LogP contribution < -0.4 is 15.8 Å². The molecular formula is C20H24N2O3S. The van der Waals surface area contributed by atoms with Gasteiger partial charge in [-0.05, 0) is 55.0 Å². The van der Waals surface area contributed by atoms with Crippen LogP contribution in [0.25, 0.3) is 0 Å². The van der Waals surface area contributed by atoms with Crippen LogP contribution in [0.4, 0.5) is 5.00 Å². The Morgan fingerprint density at radius 3 is 2.65 bits per heavy atom. The number of ether oxygens (including phenoxy) is 1. The average Bonchev–Trinajstić information content (AvgIpc) is 2.99. The molecule has 0 fully saturated rings. The predicted molar refractivity (Wildman–Crippen MR) is 104 cm³/mol. The van der Waals surface area contributed by atoms with Gasteiger partial charge in [0.2, 0.25) is 0 Å². The third-order valence-corrected chi connectivity index (χ3v) is 6.06. The maximum Gasteiger partial charge on any atom is 0.256 e. The molecule has 1 aliphatic carbocycles. The number of carbonyl (C=O) groups excluding carboxylic acids is 2. The molecule has 0 radical (unpaired) electrons. The van der Waals surface area contributed by atoms with Gasteiger partial charge in [0, 0.05) is 10.4 Å². The fourth-order valence-corrected chi connectivity index (χ4v) is 4.94. The fourth-order valence-electron chi connectivity index (χ4n) is 3.58. The molecule has 2 amide bonds. The number of benzene rings is 1. The molecular weight excluding hydrogens is 348 g/mol. The second-order valence-electron chi connectivity index (χ2n) is 6.65. The van der Waals surface area contributed by atoms with E-state index in [1.807, 2.05) is 0 Å². The van der Waals surface area contributed by atoms with Crippen LogP contribution in [0.1, 0.15) is 57.3 Å². The summed E-state index contributed by atoms with van der Waals surface area (Å²) in [4.78, 5) is 25.8. The summed E-state index contributed by atoms with van der Waals surface area (Å²) in [5, 5.41) is 3.46. The summed E-state index contributed by atoms with van der Waals surface area (Å²) in [6.07, 6.45) is 5.25. The minimum atomic E-state index is -0.471. The second-order valence-corrected chi connectivity index (χ2v) is 7.76. The Labute approximate surface area is 157 Å². The van der Waals surface area contributed by atoms with Crippen LogP contribution in [0.15, 0.2) is 24.3 Å². The van der Waals surface area contributed by atoms with Gasteiger partial charge < -0.3 is 15.8 Å². The normalized spacial score (nSPS) is 16.0. The third-order valence-electron chi connectivity index (χ3n) is 4.89. The maximum absolute atomic E-state index is 12.6. The number of hydrogen-bond acceptors (Lipinski definition) is 4. The lowest BCUT2D eigenvalue weighted by Gasteiger charge is -2.21. The van der Waals surface area contributed by atoms with Crippen molar-refractivity contribution in [1.29, 1.82) is 0 Å². The van der Waals surface area contributed by atoms with Gasteiger partial charge >= 0.3 is 0 Å². The summed E-state index contributed by atoms with van der Waals surface area (Å²) in [6, 6.07) is 6.86. The molecule has 0 aliphatic heterocycles. The van der Waals surface area contributed by atoms with Gasteiger partial charge in [0.05, 0.1) is 12.7 Å². The van der Waals surface area contributed by atoms with Gasteiger partial charge in [-0.15, -0.1) is 11.3 Å². The highest BCUT2D eigenvalue weighted by molar-refractivity contribution is 7.17. The van der Waals surface area contributed by atoms with Crippen molar-refractivity contribution in [2.75, 3.05) is 12.4 Å². The van der Waals surface area contributed by atoms with Crippen LogP contribution in [-0.2, 0) is 12.8 Å². The number of methoxy groups -OCH3 is 1. The SMILES string of the molecule is CCCC1CCc2c(sc(NC(=O)c3ccc(OC)cc3)c2C(N)=O)C1. The van der Waals surface area contributed by atoms with Crippen LogP contribution in [0.5, 0.6) is 5.75 Å². The molecule has 6 heteroatoms. The van der Waals surface area contributed by atoms with E-state index in [0.29, 0.717) is 27.8 Å². The molecule has 3 N–H and O–H groups in total. The van der Waals surface area contributed by atoms with Crippen molar-refractivity contribution in [3.05, 3.63) is 45.8 Å². The van der Waals surface area contributed by atoms with E-state index in [-0.39, 0.29) is 5.91 Å². The molecule has 5 nitrogen and oxygen atoms in total. The fraction of sp³-hybridized carbons (Fsp3) is 0.400. The summed E-state index contributed by atoms with van der Waals surface area (Å²) in [6.45, 7) is 2.19. The van der Waals surface area contributed by atoms with Crippen molar-refractivity contribution in [3.63, 3.8) is 0 Å². The van der Waals surface area contributed by atoms with Gasteiger partial charge in [-0.2, -0.15) is 0 Å². The van der Waals surface area contributed by atoms with Gasteiger partial charge in [-0.25, -0.2) is 0 Å². The van der Waals surface area contributed by atoms with E-state index in [2.05, 4.69) is 12.2 Å². The number of anilines is 1. The van der Waals surface area contributed by atoms with Gasteiger partial charge in [0.1, 0.15) is 10.8 Å². The standard InChI is InChI=1S/C20H24N2O3S/c1-3-4-12-5-10-15-16(11-12)26-20(17(15)18(21)23)22-19(24)13-6-8-14(25-2)9-7-13/h6-9,12H,3-5,10-11H2,1-2H3,(H2,21,23)(H,22,24). The molecule has 1 aliphatic rings. The van der Waals surface area contributed by atoms with Crippen molar-refractivity contribution in [2.24, 2.45) is 11.7 Å². The van der Waals surface area contributed by atoms with Crippen LogP contribution in [-0.4, -0.2) is 18.9 Å². The number of carbonyl (C=O) groups is 2. The molecule has 1 aromatic heterocycles. The first-order valence-electron chi connectivity index (χ1n) is 8.93. The van der Waals surface area contributed by atoms with E-state index in [1.54, 1.807) is 31.4 Å². The van der Waals surface area contributed by atoms with Crippen LogP contribution in [0.3, 0.4) is 0 Å². The number of amides is 2. The first kappa shape index (κ1) is 18.5. The predicted octanol–water partition coefficient (Wildman–Crippen LogP) is 4.01. The number of thiophene rings is 1. The molecule has 0 bridgehead atoms. The van der Waals surface area contributed by atoms with E-state index < -0.39 is 5.91 Å². The van der Waals surface area contributed by atoms with Crippen molar-refractivity contribution < 1.29 is 14.3 Å². The number of nitrogens with two attached hydrogens (primary N) is 1. The number of fused-ring (bicyclic) bond motifs is 1. The topological polar surface area (TPSA) is 81.4 Å². The average molecular weight is 372 g/mol. The molecule has 0 saturated heterocycles. The summed E-state index contributed by atoms with van der Waals surface area (Å²) >= 11 is 1.49. The lowest BCUT2D eigenvalue weighted by atomic mass is 9.84. The van der Waals surface area contributed by atoms with E-state index in [4.69, 9.17) is 10.5 Å². The van der Waals surface area contributed by atoms with Crippen molar-refractivity contribution in [1.82, 2.24) is 0 Å². The van der Waals surface area contributed by atoms with Gasteiger partial charge in [0.15, 0.2) is 0 Å². The monoisotopic (exact) mass is 372 g/mol. The number of nitrogens with one attached hydrogen (secondary N) is 1. The number of hydrogen-bond donors (Lipinski definition) is 2. The number of primary amides is 1. The minimum absolute atomic E-state index is 0.251. The van der Waals surface area contributed by atoms with Gasteiger partial charge in [-0.1, -0.05) is 19.8 Å². The summed E-state index contributed by atoms with van der Waals surface area (Å²) in [7, 11) is 1.58. The summed E-state index contributed by atoms with van der Waals surface area (Å²) in [5.41, 5.74) is 7.65. The van der Waals surface area contributed by atoms with E-state index in [9.17, 15) is 9.59 Å². The zero-order valence-corrected chi connectivity index (χ0v) is 15.9. The Kier molecular flexibility index (Phi) is 5.61. The molecule has 1 heterocycles. The highest BCUT2D eigenvalue weighted by Gasteiger charge is 2.28. The van der Waals surface area contributed by atoms with Crippen molar-refractivity contribution >= 4 is 28.2 Å². The summed E-state index contributed by atoms with van der Waals surface area (Å²) in [5.74, 6) is 0.616. The molecule has 0 spiro atoms. The highest BCUT2D eigenvalue weighted by atomic mass is 32.1. The minimum Gasteiger partial charge on any atom is -0.497 e. The van der Waals surface area contributed by atoms with Crippen molar-refractivity contribution in [3.8, 4) is 5.75 Å². The van der Waals surface area contributed by atoms with Crippen LogP contribution in [0, 0.1) is 5.92 Å². The molecule has 1 atom stereocenters. The zero-order chi connectivity index (χ0) is 18.7. The van der Waals surface area contributed by atoms with Crippen LogP contribution in [0.2, 0.25) is 0 Å². The lowest BCUT2D eigenvalue weighted by Crippen LogP contribution is -2.20. The molecule has 3 rings (SSSR count). The smallest absolute Gasteiger partial charge is 0.256 e. The van der Waals surface area contributed by atoms with E-state index in [0.717, 1.165) is 31.2 Å².